The smallest absolute Gasteiger partial charge is 0.224 e. The lowest BCUT2D eigenvalue weighted by atomic mass is 10.1. The number of aliphatic imine (C=N–C) groups is 1. The zero-order valence-electron chi connectivity index (χ0n) is 13.9. The zero-order chi connectivity index (χ0) is 19.1. The van der Waals surface area contributed by atoms with E-state index in [-0.39, 0.29) is 11.6 Å². The Hall–Kier alpha value is -2.94. The lowest BCUT2D eigenvalue weighted by Crippen LogP contribution is -2.03. The van der Waals surface area contributed by atoms with Gasteiger partial charge in [-0.1, -0.05) is 6.58 Å². The molecule has 0 aliphatic heterocycles. The molecule has 26 heavy (non-hydrogen) atoms. The second kappa shape index (κ2) is 6.41. The van der Waals surface area contributed by atoms with Crippen LogP contribution < -0.4 is 0 Å². The van der Waals surface area contributed by atoms with Crippen molar-refractivity contribution >= 4 is 27.0 Å². The number of rotatable bonds is 4. The molecule has 2 heterocycles. The van der Waals surface area contributed by atoms with E-state index in [1.54, 1.807) is 13.0 Å². The van der Waals surface area contributed by atoms with Gasteiger partial charge in [0, 0.05) is 12.0 Å². The molecule has 0 aliphatic carbocycles. The molecule has 3 aromatic rings. The molecular weight excluding hydrogens is 362 g/mol. The summed E-state index contributed by atoms with van der Waals surface area (Å²) in [6.45, 7) is 5.32. The Balaban J connectivity index is 2.20. The Morgan fingerprint density at radius 3 is 2.50 bits per heavy atom. The van der Waals surface area contributed by atoms with Gasteiger partial charge in [-0.15, -0.1) is 0 Å². The number of halogens is 2. The van der Waals surface area contributed by atoms with Crippen molar-refractivity contribution in [3.63, 3.8) is 0 Å². The monoisotopic (exact) mass is 376 g/mol. The van der Waals surface area contributed by atoms with Gasteiger partial charge >= 0.3 is 0 Å². The van der Waals surface area contributed by atoms with E-state index in [1.807, 2.05) is 0 Å². The van der Waals surface area contributed by atoms with Gasteiger partial charge in [0.05, 0.1) is 27.9 Å². The van der Waals surface area contributed by atoms with Gasteiger partial charge in [0.25, 0.3) is 5.95 Å². The highest BCUT2D eigenvalue weighted by Gasteiger charge is 2.19. The topological polar surface area (TPSA) is 76.7 Å². The molecule has 0 amide bonds. The second-order valence-corrected chi connectivity index (χ2v) is 7.62. The molecule has 6 nitrogen and oxygen atoms in total. The number of benzene rings is 1. The van der Waals surface area contributed by atoms with E-state index in [2.05, 4.69) is 21.7 Å². The molecule has 0 aliphatic rings. The molecule has 1 aromatic carbocycles. The van der Waals surface area contributed by atoms with Gasteiger partial charge < -0.3 is 0 Å². The van der Waals surface area contributed by atoms with Crippen LogP contribution in [0.25, 0.3) is 16.8 Å². The van der Waals surface area contributed by atoms with Crippen LogP contribution in [0, 0.1) is 11.6 Å². The van der Waals surface area contributed by atoms with Crippen LogP contribution in [-0.4, -0.2) is 35.0 Å². The van der Waals surface area contributed by atoms with Crippen LogP contribution in [0.15, 0.2) is 53.0 Å². The molecule has 0 unspecified atom stereocenters. The van der Waals surface area contributed by atoms with Crippen molar-refractivity contribution in [3.05, 3.63) is 54.8 Å². The Morgan fingerprint density at radius 2 is 1.92 bits per heavy atom. The number of imidazole rings is 1. The standard InChI is InChI=1S/C17H14F2N4O2S/c1-4-10(2)21-17-20-9-11-5-6-15(22-23(11)17)16-13(18)7-12(8-14(16)19)26(3,24)25/h4-9H,1H2,2-3H3. The van der Waals surface area contributed by atoms with Crippen LogP contribution in [0.1, 0.15) is 6.92 Å². The lowest BCUT2D eigenvalue weighted by Gasteiger charge is -2.08. The number of hydrogen-bond donors (Lipinski definition) is 0. The maximum atomic E-state index is 14.4. The van der Waals surface area contributed by atoms with Crippen LogP contribution in [0.5, 0.6) is 0 Å². The van der Waals surface area contributed by atoms with Crippen molar-refractivity contribution in [2.45, 2.75) is 11.8 Å². The molecule has 0 N–H and O–H groups in total. The minimum absolute atomic E-state index is 0.0155. The molecular formula is C17H14F2N4O2S. The third kappa shape index (κ3) is 3.25. The van der Waals surface area contributed by atoms with E-state index < -0.39 is 31.9 Å². The summed E-state index contributed by atoms with van der Waals surface area (Å²) in [6, 6.07) is 4.55. The highest BCUT2D eigenvalue weighted by molar-refractivity contribution is 7.90. The third-order valence-electron chi connectivity index (χ3n) is 3.64. The summed E-state index contributed by atoms with van der Waals surface area (Å²) >= 11 is 0. The Labute approximate surface area is 148 Å². The quantitative estimate of drug-likeness (QED) is 0.654. The molecule has 3 rings (SSSR count). The van der Waals surface area contributed by atoms with Gasteiger partial charge in [0.1, 0.15) is 11.6 Å². The fraction of sp³-hybridized carbons (Fsp3) is 0.118. The molecule has 2 aromatic heterocycles. The van der Waals surface area contributed by atoms with Crippen molar-refractivity contribution in [2.75, 3.05) is 6.26 Å². The summed E-state index contributed by atoms with van der Waals surface area (Å²) in [5.74, 6) is -1.82. The van der Waals surface area contributed by atoms with E-state index >= 15 is 0 Å². The van der Waals surface area contributed by atoms with Gasteiger partial charge in [-0.3, -0.25) is 0 Å². The van der Waals surface area contributed by atoms with Crippen molar-refractivity contribution in [2.24, 2.45) is 4.99 Å². The van der Waals surface area contributed by atoms with Crippen molar-refractivity contribution in [1.29, 1.82) is 0 Å². The molecule has 9 heteroatoms. The summed E-state index contributed by atoms with van der Waals surface area (Å²) in [5, 5.41) is 4.19. The SMILES string of the molecule is C=CC(C)=Nc1ncc2ccc(-c3c(F)cc(S(C)(=O)=O)cc3F)nn12. The minimum Gasteiger partial charge on any atom is -0.224 e. The van der Waals surface area contributed by atoms with Crippen LogP contribution >= 0.6 is 0 Å². The Bertz CT molecular complexity index is 1140. The molecule has 134 valence electrons. The number of fused-ring (bicyclic) bond motifs is 1. The average Bonchev–Trinajstić information content (AvgIpc) is 2.95. The van der Waals surface area contributed by atoms with Crippen molar-refractivity contribution in [1.82, 2.24) is 14.6 Å². The molecule has 0 atom stereocenters. The average molecular weight is 376 g/mol. The predicted molar refractivity (Wildman–Crippen MR) is 94.4 cm³/mol. The van der Waals surface area contributed by atoms with Crippen LogP contribution in [0.2, 0.25) is 0 Å². The predicted octanol–water partition coefficient (Wildman–Crippen LogP) is 3.36. The third-order valence-corrected chi connectivity index (χ3v) is 4.73. The Kier molecular flexibility index (Phi) is 4.41. The molecule has 0 spiro atoms. The van der Waals surface area contributed by atoms with E-state index in [9.17, 15) is 17.2 Å². The van der Waals surface area contributed by atoms with E-state index in [1.165, 1.54) is 22.9 Å². The van der Waals surface area contributed by atoms with Gasteiger partial charge in [-0.05, 0) is 37.3 Å². The fourth-order valence-corrected chi connectivity index (χ4v) is 2.93. The first kappa shape index (κ1) is 17.9. The van der Waals surface area contributed by atoms with E-state index in [0.29, 0.717) is 11.2 Å². The molecule has 0 bridgehead atoms. The number of hydrogen-bond acceptors (Lipinski definition) is 5. The summed E-state index contributed by atoms with van der Waals surface area (Å²) in [4.78, 5) is 7.88. The minimum atomic E-state index is -3.74. The lowest BCUT2D eigenvalue weighted by molar-refractivity contribution is 0.572. The van der Waals surface area contributed by atoms with Crippen LogP contribution in [0.3, 0.4) is 0 Å². The zero-order valence-corrected chi connectivity index (χ0v) is 14.8. The highest BCUT2D eigenvalue weighted by atomic mass is 32.2. The van der Waals surface area contributed by atoms with Gasteiger partial charge in [-0.25, -0.2) is 27.2 Å². The maximum absolute atomic E-state index is 14.4. The Morgan fingerprint density at radius 1 is 1.27 bits per heavy atom. The largest absolute Gasteiger partial charge is 0.251 e. The number of sulfone groups is 1. The van der Waals surface area contributed by atoms with Gasteiger partial charge in [0.2, 0.25) is 0 Å². The van der Waals surface area contributed by atoms with Gasteiger partial charge in [0.15, 0.2) is 9.84 Å². The molecule has 0 saturated carbocycles. The van der Waals surface area contributed by atoms with E-state index in [0.717, 1.165) is 18.4 Å². The number of nitrogens with zero attached hydrogens (tertiary/aromatic N) is 4. The summed E-state index contributed by atoms with van der Waals surface area (Å²) < 4.78 is 53.2. The number of aromatic nitrogens is 3. The first-order valence-electron chi connectivity index (χ1n) is 7.42. The van der Waals surface area contributed by atoms with Crippen LogP contribution in [-0.2, 0) is 9.84 Å². The summed E-state index contributed by atoms with van der Waals surface area (Å²) in [7, 11) is -3.74. The second-order valence-electron chi connectivity index (χ2n) is 5.60. The van der Waals surface area contributed by atoms with Crippen molar-refractivity contribution in [3.8, 4) is 11.3 Å². The summed E-state index contributed by atoms with van der Waals surface area (Å²) in [5.41, 5.74) is 0.735. The maximum Gasteiger partial charge on any atom is 0.251 e. The first-order valence-corrected chi connectivity index (χ1v) is 9.32. The molecule has 0 fully saturated rings. The summed E-state index contributed by atoms with van der Waals surface area (Å²) in [6.07, 6.45) is 3.93. The molecule has 0 radical (unpaired) electrons. The fourth-order valence-electron chi connectivity index (χ4n) is 2.29. The highest BCUT2D eigenvalue weighted by Crippen LogP contribution is 2.28. The first-order chi connectivity index (χ1) is 12.2. The van der Waals surface area contributed by atoms with Gasteiger partial charge in [-0.2, -0.15) is 9.61 Å². The normalized spacial score (nSPS) is 12.5. The van der Waals surface area contributed by atoms with Crippen molar-refractivity contribution < 1.29 is 17.2 Å². The van der Waals surface area contributed by atoms with Crippen LogP contribution in [0.4, 0.5) is 14.7 Å². The van der Waals surface area contributed by atoms with E-state index in [4.69, 9.17) is 0 Å². The molecule has 0 saturated heterocycles. The number of allylic oxidation sites excluding steroid dienone is 1.